The molecule has 0 radical (unpaired) electrons. The SMILES string of the molecule is Cc1cc(Br)cnc1NC1CCOC2(CCSC2)C1. The summed E-state index contributed by atoms with van der Waals surface area (Å²) in [6, 6.07) is 2.59. The minimum atomic E-state index is 0.129. The minimum Gasteiger partial charge on any atom is -0.374 e. The summed E-state index contributed by atoms with van der Waals surface area (Å²) >= 11 is 5.48. The van der Waals surface area contributed by atoms with Crippen LogP contribution in [-0.2, 0) is 4.74 Å². The number of pyridine rings is 1. The van der Waals surface area contributed by atoms with Crippen LogP contribution in [-0.4, -0.2) is 34.7 Å². The van der Waals surface area contributed by atoms with Gasteiger partial charge in [-0.2, -0.15) is 11.8 Å². The van der Waals surface area contributed by atoms with E-state index in [-0.39, 0.29) is 5.60 Å². The second-order valence-corrected chi connectivity index (χ2v) is 7.51. The molecule has 3 rings (SSSR count). The molecule has 2 saturated heterocycles. The maximum atomic E-state index is 6.05. The average Bonchev–Trinajstić information content (AvgIpc) is 2.81. The second kappa shape index (κ2) is 5.62. The molecule has 0 aromatic carbocycles. The Balaban J connectivity index is 1.69. The van der Waals surface area contributed by atoms with Crippen LogP contribution in [0.1, 0.15) is 24.8 Å². The molecule has 5 heteroatoms. The molecule has 0 bridgehead atoms. The third kappa shape index (κ3) is 3.09. The predicted octanol–water partition coefficient (Wildman–Crippen LogP) is 3.62. The zero-order valence-corrected chi connectivity index (χ0v) is 13.5. The van der Waals surface area contributed by atoms with Gasteiger partial charge in [-0.05, 0) is 59.5 Å². The van der Waals surface area contributed by atoms with Crippen LogP contribution in [0.2, 0.25) is 0 Å². The molecular formula is C14H19BrN2OS. The van der Waals surface area contributed by atoms with E-state index >= 15 is 0 Å². The van der Waals surface area contributed by atoms with Gasteiger partial charge in [-0.25, -0.2) is 4.98 Å². The van der Waals surface area contributed by atoms with Gasteiger partial charge in [0.25, 0.3) is 0 Å². The minimum absolute atomic E-state index is 0.129. The Kier molecular flexibility index (Phi) is 4.06. The fourth-order valence-electron chi connectivity index (χ4n) is 2.90. The van der Waals surface area contributed by atoms with Crippen molar-refractivity contribution in [1.29, 1.82) is 0 Å². The second-order valence-electron chi connectivity index (χ2n) is 5.49. The number of nitrogens with one attached hydrogen (secondary N) is 1. The number of hydrogen-bond donors (Lipinski definition) is 1. The maximum Gasteiger partial charge on any atom is 0.129 e. The molecule has 2 fully saturated rings. The molecule has 0 saturated carbocycles. The first-order valence-electron chi connectivity index (χ1n) is 6.77. The van der Waals surface area contributed by atoms with Gasteiger partial charge < -0.3 is 10.1 Å². The van der Waals surface area contributed by atoms with Crippen LogP contribution in [0.5, 0.6) is 0 Å². The van der Waals surface area contributed by atoms with Gasteiger partial charge in [0.1, 0.15) is 5.82 Å². The van der Waals surface area contributed by atoms with E-state index in [4.69, 9.17) is 4.74 Å². The molecule has 3 nitrogen and oxygen atoms in total. The Bertz CT molecular complexity index is 463. The zero-order valence-electron chi connectivity index (χ0n) is 11.1. The molecule has 2 aliphatic heterocycles. The normalized spacial score (nSPS) is 30.7. The Hall–Kier alpha value is -0.260. The highest BCUT2D eigenvalue weighted by Crippen LogP contribution is 2.39. The summed E-state index contributed by atoms with van der Waals surface area (Å²) in [5.74, 6) is 3.40. The monoisotopic (exact) mass is 342 g/mol. The number of rotatable bonds is 2. The molecule has 0 aliphatic carbocycles. The molecule has 2 aliphatic rings. The molecule has 2 unspecified atom stereocenters. The molecular weight excluding hydrogens is 324 g/mol. The lowest BCUT2D eigenvalue weighted by molar-refractivity contribution is -0.0628. The van der Waals surface area contributed by atoms with Gasteiger partial charge >= 0.3 is 0 Å². The third-order valence-electron chi connectivity index (χ3n) is 3.95. The Labute approximate surface area is 127 Å². The molecule has 104 valence electrons. The van der Waals surface area contributed by atoms with Crippen molar-refractivity contribution in [3.05, 3.63) is 22.3 Å². The van der Waals surface area contributed by atoms with Crippen molar-refractivity contribution < 1.29 is 4.74 Å². The van der Waals surface area contributed by atoms with Crippen LogP contribution in [0.3, 0.4) is 0 Å². The molecule has 19 heavy (non-hydrogen) atoms. The van der Waals surface area contributed by atoms with Crippen molar-refractivity contribution >= 4 is 33.5 Å². The highest BCUT2D eigenvalue weighted by atomic mass is 79.9. The van der Waals surface area contributed by atoms with E-state index in [1.54, 1.807) is 0 Å². The first-order valence-corrected chi connectivity index (χ1v) is 8.72. The lowest BCUT2D eigenvalue weighted by Crippen LogP contribution is -2.44. The Morgan fingerprint density at radius 2 is 2.47 bits per heavy atom. The van der Waals surface area contributed by atoms with E-state index in [1.165, 1.54) is 17.7 Å². The number of aryl methyl sites for hydroxylation is 1. The van der Waals surface area contributed by atoms with Gasteiger partial charge in [-0.1, -0.05) is 0 Å². The quantitative estimate of drug-likeness (QED) is 0.889. The van der Waals surface area contributed by atoms with E-state index in [9.17, 15) is 0 Å². The first kappa shape index (κ1) is 13.7. The van der Waals surface area contributed by atoms with E-state index in [1.807, 2.05) is 18.0 Å². The number of halogens is 1. The van der Waals surface area contributed by atoms with Gasteiger partial charge in [-0.3, -0.25) is 0 Å². The lowest BCUT2D eigenvalue weighted by Gasteiger charge is -2.38. The fraction of sp³-hybridized carbons (Fsp3) is 0.643. The third-order valence-corrected chi connectivity index (χ3v) is 5.60. The van der Waals surface area contributed by atoms with Crippen molar-refractivity contribution in [2.24, 2.45) is 0 Å². The number of aromatic nitrogens is 1. The summed E-state index contributed by atoms with van der Waals surface area (Å²) in [4.78, 5) is 4.48. The summed E-state index contributed by atoms with van der Waals surface area (Å²) in [5, 5.41) is 3.61. The van der Waals surface area contributed by atoms with Gasteiger partial charge in [0.05, 0.1) is 5.60 Å². The highest BCUT2D eigenvalue weighted by Gasteiger charge is 2.40. The summed E-state index contributed by atoms with van der Waals surface area (Å²) in [5.41, 5.74) is 1.32. The highest BCUT2D eigenvalue weighted by molar-refractivity contribution is 9.10. The maximum absolute atomic E-state index is 6.05. The number of hydrogen-bond acceptors (Lipinski definition) is 4. The molecule has 1 N–H and O–H groups in total. The summed E-state index contributed by atoms with van der Waals surface area (Å²) in [7, 11) is 0. The van der Waals surface area contributed by atoms with Crippen LogP contribution in [0.15, 0.2) is 16.7 Å². The number of thioether (sulfide) groups is 1. The van der Waals surface area contributed by atoms with Crippen molar-refractivity contribution in [3.8, 4) is 0 Å². The van der Waals surface area contributed by atoms with E-state index < -0.39 is 0 Å². The average molecular weight is 343 g/mol. The zero-order chi connectivity index (χ0) is 13.3. The van der Waals surface area contributed by atoms with Crippen LogP contribution in [0.25, 0.3) is 0 Å². The van der Waals surface area contributed by atoms with E-state index in [0.717, 1.165) is 35.5 Å². The molecule has 1 aromatic rings. The van der Waals surface area contributed by atoms with Crippen molar-refractivity contribution in [2.45, 2.75) is 37.8 Å². The van der Waals surface area contributed by atoms with Crippen molar-refractivity contribution in [1.82, 2.24) is 4.98 Å². The topological polar surface area (TPSA) is 34.2 Å². The van der Waals surface area contributed by atoms with Crippen LogP contribution < -0.4 is 5.32 Å². The van der Waals surface area contributed by atoms with E-state index in [2.05, 4.69) is 39.2 Å². The number of nitrogens with zero attached hydrogens (tertiary/aromatic N) is 1. The van der Waals surface area contributed by atoms with Gasteiger partial charge in [-0.15, -0.1) is 0 Å². The van der Waals surface area contributed by atoms with Gasteiger partial charge in [0.15, 0.2) is 0 Å². The van der Waals surface area contributed by atoms with Crippen LogP contribution in [0, 0.1) is 6.92 Å². The van der Waals surface area contributed by atoms with Crippen LogP contribution >= 0.6 is 27.7 Å². The smallest absolute Gasteiger partial charge is 0.129 e. The largest absolute Gasteiger partial charge is 0.374 e. The number of anilines is 1. The van der Waals surface area contributed by atoms with Crippen LogP contribution in [0.4, 0.5) is 5.82 Å². The number of ether oxygens (including phenoxy) is 1. The molecule has 3 heterocycles. The van der Waals surface area contributed by atoms with Gasteiger partial charge in [0, 0.05) is 29.1 Å². The lowest BCUT2D eigenvalue weighted by atomic mass is 9.90. The molecule has 0 amide bonds. The summed E-state index contributed by atoms with van der Waals surface area (Å²) in [6.07, 6.45) is 5.24. The van der Waals surface area contributed by atoms with Gasteiger partial charge in [0.2, 0.25) is 0 Å². The van der Waals surface area contributed by atoms with E-state index in [0.29, 0.717) is 6.04 Å². The van der Waals surface area contributed by atoms with Crippen molar-refractivity contribution in [2.75, 3.05) is 23.4 Å². The fourth-order valence-corrected chi connectivity index (χ4v) is 4.72. The Morgan fingerprint density at radius 3 is 3.21 bits per heavy atom. The summed E-state index contributed by atoms with van der Waals surface area (Å²) < 4.78 is 7.09. The van der Waals surface area contributed by atoms with Crippen molar-refractivity contribution in [3.63, 3.8) is 0 Å². The molecule has 1 aromatic heterocycles. The summed E-state index contributed by atoms with van der Waals surface area (Å²) in [6.45, 7) is 2.97. The first-order chi connectivity index (χ1) is 9.17. The standard InChI is InChI=1S/C14H19BrN2OS/c1-10-6-11(15)8-16-13(10)17-12-2-4-18-14(7-12)3-5-19-9-14/h6,8,12H,2-5,7,9H2,1H3,(H,16,17). The molecule has 2 atom stereocenters. The predicted molar refractivity (Wildman–Crippen MR) is 83.9 cm³/mol. The Morgan fingerprint density at radius 1 is 1.58 bits per heavy atom. The molecule has 1 spiro atoms.